The van der Waals surface area contributed by atoms with Crippen molar-refractivity contribution in [1.29, 1.82) is 0 Å². The quantitative estimate of drug-likeness (QED) is 0.576. The van der Waals surface area contributed by atoms with Gasteiger partial charge in [0.25, 0.3) is 0 Å². The number of hydrogen-bond acceptors (Lipinski definition) is 4. The summed E-state index contributed by atoms with van der Waals surface area (Å²) >= 11 is 16.1. The second-order valence-electron chi connectivity index (χ2n) is 3.42. The minimum atomic E-state index is -3.30. The van der Waals surface area contributed by atoms with E-state index in [1.807, 2.05) is 0 Å². The minimum Gasteiger partial charge on any atom is -0.308 e. The predicted molar refractivity (Wildman–Crippen MR) is 79.0 cm³/mol. The maximum Gasteiger partial charge on any atom is 0.347 e. The van der Waals surface area contributed by atoms with Crippen molar-refractivity contribution >= 4 is 43.4 Å². The first-order valence-electron chi connectivity index (χ1n) is 5.46. The standard InChI is InChI=1S/C11H15Cl2O3PS/c1-3-15-17(14,16-4-2)11(18)8-5-6-9(12)10(13)7-8/h5-7,11,18H,3-4H2,1-2H3. The highest BCUT2D eigenvalue weighted by Gasteiger charge is 2.34. The van der Waals surface area contributed by atoms with Crippen LogP contribution in [-0.4, -0.2) is 13.2 Å². The average Bonchev–Trinajstić information content (AvgIpc) is 2.32. The Bertz CT molecular complexity index is 446. The van der Waals surface area contributed by atoms with Gasteiger partial charge in [-0.25, -0.2) is 0 Å². The van der Waals surface area contributed by atoms with Crippen molar-refractivity contribution in [2.24, 2.45) is 0 Å². The molecule has 0 saturated carbocycles. The van der Waals surface area contributed by atoms with Gasteiger partial charge in [0.15, 0.2) is 0 Å². The van der Waals surface area contributed by atoms with Crippen LogP contribution in [0.3, 0.4) is 0 Å². The van der Waals surface area contributed by atoms with E-state index in [2.05, 4.69) is 12.6 Å². The van der Waals surface area contributed by atoms with Crippen LogP contribution in [0, 0.1) is 0 Å². The molecule has 0 aliphatic heterocycles. The number of benzene rings is 1. The summed E-state index contributed by atoms with van der Waals surface area (Å²) in [6.45, 7) is 4.08. The highest BCUT2D eigenvalue weighted by atomic mass is 35.5. The molecule has 1 aromatic rings. The van der Waals surface area contributed by atoms with Gasteiger partial charge in [0, 0.05) is 0 Å². The molecule has 0 heterocycles. The lowest BCUT2D eigenvalue weighted by Gasteiger charge is -2.23. The molecule has 18 heavy (non-hydrogen) atoms. The van der Waals surface area contributed by atoms with Gasteiger partial charge < -0.3 is 9.05 Å². The highest BCUT2D eigenvalue weighted by Crippen LogP contribution is 2.62. The highest BCUT2D eigenvalue weighted by molar-refractivity contribution is 7.89. The van der Waals surface area contributed by atoms with E-state index in [0.717, 1.165) is 0 Å². The SMILES string of the molecule is CCOP(=O)(OCC)C(S)c1ccc(Cl)c(Cl)c1. The summed E-state index contributed by atoms with van der Waals surface area (Å²) in [5.74, 6) is 0. The van der Waals surface area contributed by atoms with Crippen molar-refractivity contribution in [3.05, 3.63) is 33.8 Å². The predicted octanol–water partition coefficient (Wildman–Crippen LogP) is 5.19. The van der Waals surface area contributed by atoms with E-state index in [-0.39, 0.29) is 13.2 Å². The van der Waals surface area contributed by atoms with Gasteiger partial charge in [0.1, 0.15) is 4.99 Å². The van der Waals surface area contributed by atoms with Gasteiger partial charge in [-0.2, -0.15) is 12.6 Å². The molecule has 0 amide bonds. The summed E-state index contributed by atoms with van der Waals surface area (Å²) in [6, 6.07) is 4.95. The third-order valence-electron chi connectivity index (χ3n) is 2.16. The summed E-state index contributed by atoms with van der Waals surface area (Å²) in [6.07, 6.45) is 0. The Labute approximate surface area is 123 Å². The van der Waals surface area contributed by atoms with Crippen LogP contribution in [0.1, 0.15) is 24.4 Å². The lowest BCUT2D eigenvalue weighted by atomic mass is 10.2. The second kappa shape index (κ2) is 7.18. The van der Waals surface area contributed by atoms with Gasteiger partial charge in [0.2, 0.25) is 0 Å². The Kier molecular flexibility index (Phi) is 6.52. The molecule has 7 heteroatoms. The summed E-state index contributed by atoms with van der Waals surface area (Å²) in [7, 11) is -3.30. The molecule has 1 rings (SSSR count). The molecule has 1 atom stereocenters. The van der Waals surface area contributed by atoms with E-state index >= 15 is 0 Å². The van der Waals surface area contributed by atoms with Crippen molar-refractivity contribution in [3.63, 3.8) is 0 Å². The van der Waals surface area contributed by atoms with E-state index < -0.39 is 12.6 Å². The van der Waals surface area contributed by atoms with Gasteiger partial charge in [-0.1, -0.05) is 29.3 Å². The van der Waals surface area contributed by atoms with E-state index in [0.29, 0.717) is 15.6 Å². The number of rotatable bonds is 6. The zero-order chi connectivity index (χ0) is 13.8. The van der Waals surface area contributed by atoms with Crippen LogP contribution >= 0.6 is 43.4 Å². The Morgan fingerprint density at radius 3 is 2.22 bits per heavy atom. The zero-order valence-corrected chi connectivity index (χ0v) is 13.4. The number of halogens is 2. The first-order valence-corrected chi connectivity index (χ1v) is 8.34. The summed E-state index contributed by atoms with van der Waals surface area (Å²) < 4.78 is 23.0. The molecular weight excluding hydrogens is 314 g/mol. The molecule has 0 radical (unpaired) electrons. The molecule has 0 aromatic heterocycles. The summed E-state index contributed by atoms with van der Waals surface area (Å²) in [5.41, 5.74) is 0.651. The first kappa shape index (κ1) is 16.4. The monoisotopic (exact) mass is 328 g/mol. The fourth-order valence-electron chi connectivity index (χ4n) is 1.39. The fourth-order valence-corrected chi connectivity index (χ4v) is 3.86. The Morgan fingerprint density at radius 1 is 1.22 bits per heavy atom. The van der Waals surface area contributed by atoms with E-state index in [1.54, 1.807) is 32.0 Å². The van der Waals surface area contributed by atoms with E-state index in [1.165, 1.54) is 0 Å². The van der Waals surface area contributed by atoms with Crippen LogP contribution in [0.5, 0.6) is 0 Å². The topological polar surface area (TPSA) is 35.5 Å². The van der Waals surface area contributed by atoms with Crippen LogP contribution in [0.2, 0.25) is 10.0 Å². The van der Waals surface area contributed by atoms with Gasteiger partial charge >= 0.3 is 7.60 Å². The molecule has 102 valence electrons. The maximum atomic E-state index is 12.5. The molecule has 3 nitrogen and oxygen atoms in total. The van der Waals surface area contributed by atoms with Gasteiger partial charge in [-0.3, -0.25) is 4.57 Å². The van der Waals surface area contributed by atoms with Crippen molar-refractivity contribution < 1.29 is 13.6 Å². The number of hydrogen-bond donors (Lipinski definition) is 1. The summed E-state index contributed by atoms with van der Waals surface area (Å²) in [4.78, 5) is -0.688. The molecular formula is C11H15Cl2O3PS. The summed E-state index contributed by atoms with van der Waals surface area (Å²) in [5, 5.41) is 0.816. The van der Waals surface area contributed by atoms with Crippen molar-refractivity contribution in [3.8, 4) is 0 Å². The minimum absolute atomic E-state index is 0.287. The maximum absolute atomic E-state index is 12.5. The Balaban J connectivity index is 3.05. The molecule has 0 N–H and O–H groups in total. The molecule has 0 bridgehead atoms. The van der Waals surface area contributed by atoms with Crippen molar-refractivity contribution in [2.45, 2.75) is 18.8 Å². The third-order valence-corrected chi connectivity index (χ3v) is 6.18. The number of thiol groups is 1. The molecule has 0 aliphatic carbocycles. The smallest absolute Gasteiger partial charge is 0.308 e. The Morgan fingerprint density at radius 2 is 1.78 bits per heavy atom. The van der Waals surface area contributed by atoms with Crippen molar-refractivity contribution in [1.82, 2.24) is 0 Å². The van der Waals surface area contributed by atoms with E-state index in [4.69, 9.17) is 32.2 Å². The lowest BCUT2D eigenvalue weighted by molar-refractivity contribution is 0.218. The second-order valence-corrected chi connectivity index (χ2v) is 7.27. The first-order chi connectivity index (χ1) is 8.44. The van der Waals surface area contributed by atoms with Crippen LogP contribution in [0.25, 0.3) is 0 Å². The third kappa shape index (κ3) is 3.89. The normalized spacial score (nSPS) is 13.6. The zero-order valence-electron chi connectivity index (χ0n) is 10.1. The van der Waals surface area contributed by atoms with Crippen LogP contribution in [-0.2, 0) is 13.6 Å². The van der Waals surface area contributed by atoms with Crippen LogP contribution in [0.15, 0.2) is 18.2 Å². The fraction of sp³-hybridized carbons (Fsp3) is 0.455. The Hall–Kier alpha value is 0.300. The van der Waals surface area contributed by atoms with Gasteiger partial charge in [-0.05, 0) is 31.5 Å². The molecule has 1 aromatic carbocycles. The van der Waals surface area contributed by atoms with Gasteiger partial charge in [0.05, 0.1) is 23.3 Å². The largest absolute Gasteiger partial charge is 0.347 e. The lowest BCUT2D eigenvalue weighted by Crippen LogP contribution is -2.02. The van der Waals surface area contributed by atoms with E-state index in [9.17, 15) is 4.57 Å². The molecule has 1 unspecified atom stereocenters. The van der Waals surface area contributed by atoms with Crippen LogP contribution < -0.4 is 0 Å². The van der Waals surface area contributed by atoms with Crippen LogP contribution in [0.4, 0.5) is 0 Å². The van der Waals surface area contributed by atoms with Crippen molar-refractivity contribution in [2.75, 3.05) is 13.2 Å². The molecule has 0 aliphatic rings. The average molecular weight is 329 g/mol. The molecule has 0 fully saturated rings. The molecule has 0 spiro atoms. The molecule has 0 saturated heterocycles. The van der Waals surface area contributed by atoms with Gasteiger partial charge in [-0.15, -0.1) is 0 Å².